The summed E-state index contributed by atoms with van der Waals surface area (Å²) >= 11 is 0. The number of hydrogen-bond donors (Lipinski definition) is 3. The third-order valence-corrected chi connectivity index (χ3v) is 7.50. The van der Waals surface area contributed by atoms with Gasteiger partial charge >= 0.3 is 0 Å². The number of sulfonamides is 1. The number of nitrogens with zero attached hydrogens (tertiary/aromatic N) is 3. The second-order valence-corrected chi connectivity index (χ2v) is 11.6. The maximum Gasteiger partial charge on any atom is 0.274 e. The Morgan fingerprint density at radius 3 is 2.45 bits per heavy atom. The van der Waals surface area contributed by atoms with Gasteiger partial charge in [0.25, 0.3) is 5.91 Å². The molecule has 1 aromatic rings. The first-order chi connectivity index (χ1) is 18.1. The SMILES string of the molecule is COCC(=O)N=C(N)N1CCC(CNC(=O)[C@@H]2CCCN2C(=O)[C@@H](Cc2ccccc2)NS(C)(=O)=O)CC1. The van der Waals surface area contributed by atoms with Gasteiger partial charge in [-0.3, -0.25) is 14.4 Å². The summed E-state index contributed by atoms with van der Waals surface area (Å²) < 4.78 is 31.2. The molecule has 2 heterocycles. The minimum absolute atomic E-state index is 0.124. The topological polar surface area (TPSA) is 163 Å². The van der Waals surface area contributed by atoms with Crippen molar-refractivity contribution in [1.82, 2.24) is 19.8 Å². The Balaban J connectivity index is 1.55. The van der Waals surface area contributed by atoms with E-state index in [1.165, 1.54) is 12.0 Å². The standard InChI is InChI=1S/C25H38N6O6S/c1-37-17-22(32)28-25(26)30-13-10-19(11-14-30)16-27-23(33)21-9-6-12-31(21)24(34)20(29-38(2,35)36)15-18-7-4-3-5-8-18/h3-5,7-8,19-21,29H,6,9-17H2,1-2H3,(H,27,33)(H2,26,28,32)/t20-,21+/m1/s1. The molecule has 1 aromatic carbocycles. The van der Waals surface area contributed by atoms with E-state index in [0.29, 0.717) is 39.0 Å². The van der Waals surface area contributed by atoms with Crippen molar-refractivity contribution in [2.75, 3.05) is 46.2 Å². The van der Waals surface area contributed by atoms with Crippen molar-refractivity contribution in [2.45, 2.75) is 44.2 Å². The summed E-state index contributed by atoms with van der Waals surface area (Å²) in [7, 11) is -2.23. The Morgan fingerprint density at radius 2 is 1.82 bits per heavy atom. The van der Waals surface area contributed by atoms with Crippen LogP contribution >= 0.6 is 0 Å². The van der Waals surface area contributed by atoms with Crippen molar-refractivity contribution in [3.05, 3.63) is 35.9 Å². The van der Waals surface area contributed by atoms with Gasteiger partial charge in [0.05, 0.1) is 6.26 Å². The van der Waals surface area contributed by atoms with Crippen LogP contribution < -0.4 is 15.8 Å². The Morgan fingerprint density at radius 1 is 1.13 bits per heavy atom. The van der Waals surface area contributed by atoms with Gasteiger partial charge in [0.1, 0.15) is 18.7 Å². The Labute approximate surface area is 224 Å². The lowest BCUT2D eigenvalue weighted by atomic mass is 9.97. The zero-order chi connectivity index (χ0) is 27.7. The van der Waals surface area contributed by atoms with Crippen LogP contribution in [0, 0.1) is 5.92 Å². The first-order valence-corrected chi connectivity index (χ1v) is 14.7. The summed E-state index contributed by atoms with van der Waals surface area (Å²) in [5, 5.41) is 2.99. The smallest absolute Gasteiger partial charge is 0.274 e. The molecular weight excluding hydrogens is 512 g/mol. The maximum absolute atomic E-state index is 13.4. The van der Waals surface area contributed by atoms with Crippen LogP contribution in [-0.4, -0.2) is 100 Å². The van der Waals surface area contributed by atoms with E-state index >= 15 is 0 Å². The van der Waals surface area contributed by atoms with Crippen molar-refractivity contribution in [2.24, 2.45) is 16.6 Å². The van der Waals surface area contributed by atoms with E-state index in [1.54, 1.807) is 0 Å². The van der Waals surface area contributed by atoms with E-state index in [-0.39, 0.29) is 30.8 Å². The van der Waals surface area contributed by atoms with Crippen LogP contribution in [0.1, 0.15) is 31.2 Å². The molecule has 2 atom stereocenters. The van der Waals surface area contributed by atoms with Crippen molar-refractivity contribution in [3.63, 3.8) is 0 Å². The van der Waals surface area contributed by atoms with Crippen LogP contribution in [0.4, 0.5) is 0 Å². The molecule has 2 fully saturated rings. The number of carbonyl (C=O) groups excluding carboxylic acids is 3. The lowest BCUT2D eigenvalue weighted by Gasteiger charge is -2.33. The van der Waals surface area contributed by atoms with Crippen LogP contribution in [0.15, 0.2) is 35.3 Å². The summed E-state index contributed by atoms with van der Waals surface area (Å²) in [5.41, 5.74) is 6.76. The van der Waals surface area contributed by atoms with Gasteiger partial charge in [-0.15, -0.1) is 0 Å². The van der Waals surface area contributed by atoms with Gasteiger partial charge < -0.3 is 25.6 Å². The zero-order valence-corrected chi connectivity index (χ0v) is 22.8. The highest BCUT2D eigenvalue weighted by Crippen LogP contribution is 2.21. The Kier molecular flexibility index (Phi) is 10.6. The second kappa shape index (κ2) is 13.7. The minimum Gasteiger partial charge on any atom is -0.375 e. The highest BCUT2D eigenvalue weighted by Gasteiger charge is 2.38. The number of methoxy groups -OCH3 is 1. The average Bonchev–Trinajstić information content (AvgIpc) is 3.37. The third kappa shape index (κ3) is 8.77. The second-order valence-electron chi connectivity index (χ2n) is 9.79. The molecule has 38 heavy (non-hydrogen) atoms. The highest BCUT2D eigenvalue weighted by atomic mass is 32.2. The number of nitrogens with one attached hydrogen (secondary N) is 2. The van der Waals surface area contributed by atoms with E-state index in [9.17, 15) is 22.8 Å². The molecule has 2 saturated heterocycles. The maximum atomic E-state index is 13.4. The number of piperidine rings is 1. The predicted octanol–water partition coefficient (Wildman–Crippen LogP) is -0.546. The molecule has 0 aromatic heterocycles. The van der Waals surface area contributed by atoms with Crippen LogP contribution in [0.5, 0.6) is 0 Å². The number of aliphatic imine (C=N–C) groups is 1. The lowest BCUT2D eigenvalue weighted by molar-refractivity contribution is -0.139. The van der Waals surface area contributed by atoms with Gasteiger partial charge in [-0.25, -0.2) is 13.1 Å². The molecule has 0 spiro atoms. The van der Waals surface area contributed by atoms with Gasteiger partial charge in [-0.05, 0) is 43.6 Å². The number of carbonyl (C=O) groups is 3. The number of likely N-dealkylation sites (tertiary alicyclic amines) is 2. The summed E-state index contributed by atoms with van der Waals surface area (Å²) in [6.45, 7) is 1.96. The highest BCUT2D eigenvalue weighted by molar-refractivity contribution is 7.88. The van der Waals surface area contributed by atoms with Crippen LogP contribution in [0.3, 0.4) is 0 Å². The molecule has 0 radical (unpaired) electrons. The van der Waals surface area contributed by atoms with Crippen LogP contribution in [0.2, 0.25) is 0 Å². The molecule has 0 aliphatic carbocycles. The lowest BCUT2D eigenvalue weighted by Crippen LogP contribution is -2.54. The van der Waals surface area contributed by atoms with E-state index in [4.69, 9.17) is 10.5 Å². The van der Waals surface area contributed by atoms with E-state index < -0.39 is 33.9 Å². The van der Waals surface area contributed by atoms with Gasteiger partial charge in [0.2, 0.25) is 21.8 Å². The Bertz CT molecular complexity index is 1100. The minimum atomic E-state index is -3.65. The number of nitrogens with two attached hydrogens (primary N) is 1. The number of rotatable bonds is 10. The normalized spacial score (nSPS) is 19.8. The van der Waals surface area contributed by atoms with E-state index in [1.807, 2.05) is 35.2 Å². The van der Waals surface area contributed by atoms with E-state index in [2.05, 4.69) is 15.0 Å². The molecular formula is C25H38N6O6S. The summed E-state index contributed by atoms with van der Waals surface area (Å²) in [6.07, 6.45) is 3.93. The van der Waals surface area contributed by atoms with E-state index in [0.717, 1.165) is 24.7 Å². The Hall–Kier alpha value is -3.03. The average molecular weight is 551 g/mol. The predicted molar refractivity (Wildman–Crippen MR) is 142 cm³/mol. The molecule has 0 saturated carbocycles. The molecule has 2 aliphatic heterocycles. The largest absolute Gasteiger partial charge is 0.375 e. The molecule has 0 unspecified atom stereocenters. The fraction of sp³-hybridized carbons (Fsp3) is 0.600. The molecule has 4 N–H and O–H groups in total. The number of guanidine groups is 1. The number of hydrogen-bond acceptors (Lipinski definition) is 6. The number of amides is 3. The van der Waals surface area contributed by atoms with Crippen molar-refractivity contribution in [3.8, 4) is 0 Å². The molecule has 12 nitrogen and oxygen atoms in total. The summed E-state index contributed by atoms with van der Waals surface area (Å²) in [5.74, 6) is -0.679. The molecule has 3 amide bonds. The van der Waals surface area contributed by atoms with Crippen LogP contribution in [-0.2, 0) is 35.6 Å². The first kappa shape index (κ1) is 29.5. The summed E-state index contributed by atoms with van der Waals surface area (Å²) in [4.78, 5) is 45.3. The quantitative estimate of drug-likeness (QED) is 0.258. The van der Waals surface area contributed by atoms with Crippen molar-refractivity contribution < 1.29 is 27.5 Å². The van der Waals surface area contributed by atoms with Gasteiger partial charge in [-0.2, -0.15) is 4.99 Å². The van der Waals surface area contributed by atoms with Gasteiger partial charge in [0.15, 0.2) is 5.96 Å². The molecule has 3 rings (SSSR count). The van der Waals surface area contributed by atoms with Crippen LogP contribution in [0.25, 0.3) is 0 Å². The molecule has 0 bridgehead atoms. The van der Waals surface area contributed by atoms with Crippen molar-refractivity contribution in [1.29, 1.82) is 0 Å². The van der Waals surface area contributed by atoms with Gasteiger partial charge in [0, 0.05) is 33.3 Å². The number of benzene rings is 1. The number of ether oxygens (including phenoxy) is 1. The fourth-order valence-electron chi connectivity index (χ4n) is 4.87. The van der Waals surface area contributed by atoms with Gasteiger partial charge in [-0.1, -0.05) is 30.3 Å². The molecule has 13 heteroatoms. The summed E-state index contributed by atoms with van der Waals surface area (Å²) in [6, 6.07) is 7.54. The first-order valence-electron chi connectivity index (χ1n) is 12.8. The molecule has 210 valence electrons. The van der Waals surface area contributed by atoms with Crippen molar-refractivity contribution >= 4 is 33.7 Å². The monoisotopic (exact) mass is 550 g/mol. The molecule has 2 aliphatic rings. The third-order valence-electron chi connectivity index (χ3n) is 6.79. The zero-order valence-electron chi connectivity index (χ0n) is 22.0. The fourth-order valence-corrected chi connectivity index (χ4v) is 5.57.